The zero-order valence-electron chi connectivity index (χ0n) is 17.0. The average molecular weight is 386 g/mol. The van der Waals surface area contributed by atoms with Crippen molar-refractivity contribution in [2.24, 2.45) is 0 Å². The molecule has 1 aliphatic carbocycles. The zero-order chi connectivity index (χ0) is 20.0. The molecule has 2 aromatic carbocycles. The van der Waals surface area contributed by atoms with Crippen LogP contribution < -0.4 is 5.32 Å². The summed E-state index contributed by atoms with van der Waals surface area (Å²) >= 11 is 0. The Morgan fingerprint density at radius 2 is 1.90 bits per heavy atom. The number of aromatic nitrogens is 2. The molecule has 1 amide bonds. The van der Waals surface area contributed by atoms with Gasteiger partial charge >= 0.3 is 0 Å². The molecule has 148 valence electrons. The van der Waals surface area contributed by atoms with E-state index in [2.05, 4.69) is 77.4 Å². The molecule has 2 heterocycles. The maximum atomic E-state index is 13.0. The van der Waals surface area contributed by atoms with Crippen molar-refractivity contribution in [2.45, 2.75) is 51.6 Å². The number of fused-ring (bicyclic) bond motifs is 4. The topological polar surface area (TPSA) is 49.8 Å². The van der Waals surface area contributed by atoms with E-state index in [-0.39, 0.29) is 11.9 Å². The van der Waals surface area contributed by atoms with Crippen LogP contribution in [0.1, 0.15) is 55.6 Å². The minimum absolute atomic E-state index is 0.0668. The lowest BCUT2D eigenvalue weighted by atomic mass is 9.91. The first-order chi connectivity index (χ1) is 14.1. The van der Waals surface area contributed by atoms with Gasteiger partial charge in [-0.15, -0.1) is 0 Å². The smallest absolute Gasteiger partial charge is 0.225 e. The average Bonchev–Trinajstić information content (AvgIpc) is 3.28. The number of amides is 1. The molecule has 0 fully saturated rings. The molecule has 0 bridgehead atoms. The van der Waals surface area contributed by atoms with Gasteiger partial charge in [-0.25, -0.2) is 0 Å². The van der Waals surface area contributed by atoms with Gasteiger partial charge in [0.15, 0.2) is 0 Å². The van der Waals surface area contributed by atoms with Crippen LogP contribution in [0.5, 0.6) is 0 Å². The first-order valence-electron chi connectivity index (χ1n) is 10.6. The fraction of sp³-hybridized carbons (Fsp3) is 0.320. The summed E-state index contributed by atoms with van der Waals surface area (Å²) in [6.45, 7) is 4.35. The summed E-state index contributed by atoms with van der Waals surface area (Å²) in [6, 6.07) is 17.2. The Hall–Kier alpha value is -3.01. The highest BCUT2D eigenvalue weighted by atomic mass is 16.1. The van der Waals surface area contributed by atoms with Crippen molar-refractivity contribution >= 4 is 27.7 Å². The van der Waals surface area contributed by atoms with Crippen LogP contribution in [0.4, 0.5) is 0 Å². The summed E-state index contributed by atoms with van der Waals surface area (Å²) in [7, 11) is 0. The Morgan fingerprint density at radius 3 is 2.72 bits per heavy atom. The third-order valence-electron chi connectivity index (χ3n) is 6.18. The monoisotopic (exact) mass is 385 g/mol. The number of nitrogens with one attached hydrogen (secondary N) is 2. The Morgan fingerprint density at radius 1 is 1.14 bits per heavy atom. The van der Waals surface area contributed by atoms with Gasteiger partial charge in [0, 0.05) is 39.7 Å². The highest BCUT2D eigenvalue weighted by Gasteiger charge is 2.25. The summed E-state index contributed by atoms with van der Waals surface area (Å²) in [6.07, 6.45) is 5.72. The number of carbonyl (C=O) groups is 1. The minimum Gasteiger partial charge on any atom is -0.356 e. The molecular weight excluding hydrogens is 358 g/mol. The highest BCUT2D eigenvalue weighted by molar-refractivity contribution is 5.90. The molecule has 1 unspecified atom stereocenters. The van der Waals surface area contributed by atoms with Crippen molar-refractivity contribution in [3.8, 4) is 0 Å². The van der Waals surface area contributed by atoms with Gasteiger partial charge in [-0.05, 0) is 56.4 Å². The number of carbonyl (C=O) groups excluding carboxylic acids is 1. The molecule has 29 heavy (non-hydrogen) atoms. The quantitative estimate of drug-likeness (QED) is 0.483. The number of hydrogen-bond acceptors (Lipinski definition) is 1. The van der Waals surface area contributed by atoms with Gasteiger partial charge in [0.2, 0.25) is 5.91 Å². The Balaban J connectivity index is 1.41. The molecule has 0 saturated carbocycles. The molecule has 4 aromatic rings. The maximum absolute atomic E-state index is 13.0. The van der Waals surface area contributed by atoms with Crippen LogP contribution >= 0.6 is 0 Å². The molecule has 0 spiro atoms. The largest absolute Gasteiger partial charge is 0.356 e. The van der Waals surface area contributed by atoms with E-state index in [1.54, 1.807) is 0 Å². The lowest BCUT2D eigenvalue weighted by Gasteiger charge is -2.24. The molecule has 2 N–H and O–H groups in total. The fourth-order valence-corrected chi connectivity index (χ4v) is 4.82. The SMILES string of the molecule is CC(C)n1cc(CC(=O)NC2CCCc3c2[nH]c2ccccc32)c2ccccc21. The maximum Gasteiger partial charge on any atom is 0.225 e. The van der Waals surface area contributed by atoms with Gasteiger partial charge in [0.1, 0.15) is 0 Å². The van der Waals surface area contributed by atoms with Gasteiger partial charge in [0.25, 0.3) is 0 Å². The first kappa shape index (κ1) is 18.0. The first-order valence-corrected chi connectivity index (χ1v) is 10.6. The predicted octanol–water partition coefficient (Wildman–Crippen LogP) is 5.44. The van der Waals surface area contributed by atoms with E-state index in [9.17, 15) is 4.79 Å². The van der Waals surface area contributed by atoms with Gasteiger partial charge in [-0.1, -0.05) is 36.4 Å². The summed E-state index contributed by atoms with van der Waals surface area (Å²) in [5.41, 5.74) is 6.02. The fourth-order valence-electron chi connectivity index (χ4n) is 4.82. The number of aromatic amines is 1. The van der Waals surface area contributed by atoms with E-state index in [1.807, 2.05) is 6.07 Å². The van der Waals surface area contributed by atoms with Crippen molar-refractivity contribution < 1.29 is 4.79 Å². The molecule has 2 aromatic heterocycles. The summed E-state index contributed by atoms with van der Waals surface area (Å²) < 4.78 is 2.26. The normalized spacial score (nSPS) is 16.4. The summed E-state index contributed by atoms with van der Waals surface area (Å²) in [5, 5.41) is 5.77. The molecule has 4 nitrogen and oxygen atoms in total. The van der Waals surface area contributed by atoms with Gasteiger partial charge in [0.05, 0.1) is 12.5 Å². The number of aryl methyl sites for hydroxylation is 1. The summed E-state index contributed by atoms with van der Waals surface area (Å²) in [5.74, 6) is 0.0909. The Kier molecular flexibility index (Phi) is 4.42. The van der Waals surface area contributed by atoms with Crippen molar-refractivity contribution in [1.82, 2.24) is 14.9 Å². The zero-order valence-corrected chi connectivity index (χ0v) is 17.0. The van der Waals surface area contributed by atoms with Crippen molar-refractivity contribution in [3.63, 3.8) is 0 Å². The lowest BCUT2D eigenvalue weighted by molar-refractivity contribution is -0.121. The second-order valence-corrected chi connectivity index (χ2v) is 8.42. The molecule has 5 rings (SSSR count). The van der Waals surface area contributed by atoms with Crippen molar-refractivity contribution in [2.75, 3.05) is 0 Å². The van der Waals surface area contributed by atoms with E-state index in [0.717, 1.165) is 24.8 Å². The van der Waals surface area contributed by atoms with Crippen LogP contribution in [0, 0.1) is 0 Å². The molecule has 0 radical (unpaired) electrons. The number of hydrogen-bond donors (Lipinski definition) is 2. The van der Waals surface area contributed by atoms with Gasteiger partial charge in [-0.3, -0.25) is 4.79 Å². The third kappa shape index (κ3) is 3.13. The lowest BCUT2D eigenvalue weighted by Crippen LogP contribution is -2.32. The molecule has 0 aliphatic heterocycles. The van der Waals surface area contributed by atoms with E-state index >= 15 is 0 Å². The van der Waals surface area contributed by atoms with E-state index < -0.39 is 0 Å². The molecule has 1 aliphatic rings. The Bertz CT molecular complexity index is 1200. The highest BCUT2D eigenvalue weighted by Crippen LogP contribution is 2.34. The summed E-state index contributed by atoms with van der Waals surface area (Å²) in [4.78, 5) is 16.6. The van der Waals surface area contributed by atoms with E-state index in [4.69, 9.17) is 0 Å². The van der Waals surface area contributed by atoms with E-state index in [1.165, 1.54) is 33.1 Å². The Labute approximate surface area is 170 Å². The number of nitrogens with zero attached hydrogens (tertiary/aromatic N) is 1. The molecule has 0 saturated heterocycles. The van der Waals surface area contributed by atoms with Crippen LogP contribution in [-0.2, 0) is 17.6 Å². The minimum atomic E-state index is 0.0668. The van der Waals surface area contributed by atoms with Crippen LogP contribution in [0.3, 0.4) is 0 Å². The number of rotatable bonds is 4. The number of benzene rings is 2. The molecule has 1 atom stereocenters. The van der Waals surface area contributed by atoms with Gasteiger partial charge < -0.3 is 14.9 Å². The van der Waals surface area contributed by atoms with Crippen LogP contribution in [0.25, 0.3) is 21.8 Å². The standard InChI is InChI=1S/C25H27N3O/c1-16(2)28-15-17(18-8-4-6-13-23(18)28)14-24(29)26-22-12-7-10-20-19-9-3-5-11-21(19)27-25(20)22/h3-6,8-9,11,13,15-16,22,27H,7,10,12,14H2,1-2H3,(H,26,29). The van der Waals surface area contributed by atoms with Crippen LogP contribution in [-0.4, -0.2) is 15.5 Å². The molecular formula is C25H27N3O. The number of H-pyrrole nitrogens is 1. The second-order valence-electron chi connectivity index (χ2n) is 8.42. The number of para-hydroxylation sites is 2. The predicted molar refractivity (Wildman–Crippen MR) is 118 cm³/mol. The van der Waals surface area contributed by atoms with Crippen molar-refractivity contribution in [3.05, 3.63) is 71.5 Å². The van der Waals surface area contributed by atoms with Crippen LogP contribution in [0.2, 0.25) is 0 Å². The van der Waals surface area contributed by atoms with Gasteiger partial charge in [-0.2, -0.15) is 0 Å². The van der Waals surface area contributed by atoms with E-state index in [0.29, 0.717) is 12.5 Å². The van der Waals surface area contributed by atoms with Crippen molar-refractivity contribution in [1.29, 1.82) is 0 Å². The molecule has 4 heteroatoms. The van der Waals surface area contributed by atoms with Crippen LogP contribution in [0.15, 0.2) is 54.7 Å². The third-order valence-corrected chi connectivity index (χ3v) is 6.18. The second kappa shape index (κ2) is 7.11.